The molecule has 2 N–H and O–H groups in total. The molecule has 0 unspecified atom stereocenters. The van der Waals surface area contributed by atoms with Crippen molar-refractivity contribution in [3.05, 3.63) is 24.3 Å². The lowest BCUT2D eigenvalue weighted by Gasteiger charge is -2.09. The minimum absolute atomic E-state index is 0.0611. The summed E-state index contributed by atoms with van der Waals surface area (Å²) in [5, 5.41) is 6.22. The first-order chi connectivity index (χ1) is 16.8. The van der Waals surface area contributed by atoms with Gasteiger partial charge in [-0.3, -0.25) is 4.79 Å². The van der Waals surface area contributed by atoms with Crippen LogP contribution in [0.4, 0.5) is 5.69 Å². The lowest BCUT2D eigenvalue weighted by molar-refractivity contribution is -0.119. The Kier molecular flexibility index (Phi) is 20.6. The average Bonchev–Trinajstić information content (AvgIpc) is 2.85. The number of amides is 1. The van der Waals surface area contributed by atoms with Gasteiger partial charge in [-0.05, 0) is 37.1 Å². The second kappa shape index (κ2) is 23.1. The number of ether oxygens (including phenoxy) is 1. The summed E-state index contributed by atoms with van der Waals surface area (Å²) in [6.07, 6.45) is 23.8. The number of benzene rings is 1. The third-order valence-electron chi connectivity index (χ3n) is 6.43. The van der Waals surface area contributed by atoms with E-state index in [1.807, 2.05) is 24.3 Å². The number of hydrogen-bond donors (Lipinski definition) is 2. The second-order valence-corrected chi connectivity index (χ2v) is 9.73. The molecule has 1 aromatic rings. The minimum Gasteiger partial charge on any atom is -0.494 e. The van der Waals surface area contributed by atoms with Crippen molar-refractivity contribution in [2.24, 2.45) is 0 Å². The number of rotatable bonds is 24. The van der Waals surface area contributed by atoms with Crippen LogP contribution in [0.1, 0.15) is 129 Å². The molecule has 0 aliphatic rings. The molecule has 1 amide bonds. The summed E-state index contributed by atoms with van der Waals surface area (Å²) in [6.45, 7) is 6.36. The van der Waals surface area contributed by atoms with Gasteiger partial charge in [-0.25, -0.2) is 0 Å². The fourth-order valence-electron chi connectivity index (χ4n) is 4.18. The van der Waals surface area contributed by atoms with E-state index in [2.05, 4.69) is 24.5 Å². The number of carbonyl (C=O) groups is 1. The highest BCUT2D eigenvalue weighted by Gasteiger charge is 2.02. The van der Waals surface area contributed by atoms with E-state index in [0.717, 1.165) is 37.4 Å². The van der Waals surface area contributed by atoms with Crippen LogP contribution in [-0.2, 0) is 4.79 Å². The van der Waals surface area contributed by atoms with Gasteiger partial charge < -0.3 is 15.4 Å². The summed E-state index contributed by atoms with van der Waals surface area (Å²) in [7, 11) is 0. The van der Waals surface area contributed by atoms with Gasteiger partial charge in [0.2, 0.25) is 5.91 Å². The molecule has 0 radical (unpaired) electrons. The maximum atomic E-state index is 12.0. The Bertz CT molecular complexity index is 574. The Morgan fingerprint density at radius 2 is 1.12 bits per heavy atom. The highest BCUT2D eigenvalue weighted by Crippen LogP contribution is 2.16. The van der Waals surface area contributed by atoms with E-state index in [0.29, 0.717) is 6.54 Å². The van der Waals surface area contributed by atoms with E-state index in [4.69, 9.17) is 4.74 Å². The van der Waals surface area contributed by atoms with Crippen molar-refractivity contribution in [3.8, 4) is 5.75 Å². The van der Waals surface area contributed by atoms with Crippen molar-refractivity contribution in [1.29, 1.82) is 0 Å². The molecule has 4 heteroatoms. The maximum Gasteiger partial charge on any atom is 0.239 e. The van der Waals surface area contributed by atoms with Gasteiger partial charge in [0.15, 0.2) is 0 Å². The van der Waals surface area contributed by atoms with Gasteiger partial charge in [0.25, 0.3) is 0 Å². The van der Waals surface area contributed by atoms with Crippen LogP contribution in [0.25, 0.3) is 0 Å². The third-order valence-corrected chi connectivity index (χ3v) is 6.43. The number of nitrogens with one attached hydrogen (secondary N) is 2. The molecule has 0 heterocycles. The lowest BCUT2D eigenvalue weighted by Crippen LogP contribution is -2.30. The van der Waals surface area contributed by atoms with Crippen LogP contribution in [0.5, 0.6) is 5.75 Å². The molecule has 1 aromatic carbocycles. The Morgan fingerprint density at radius 3 is 1.65 bits per heavy atom. The largest absolute Gasteiger partial charge is 0.494 e. The van der Waals surface area contributed by atoms with Crippen LogP contribution in [0.3, 0.4) is 0 Å². The topological polar surface area (TPSA) is 50.4 Å². The molecular formula is C30H54N2O2. The van der Waals surface area contributed by atoms with Gasteiger partial charge >= 0.3 is 0 Å². The number of unbranched alkanes of at least 4 members (excludes halogenated alkanes) is 16. The molecule has 0 aliphatic carbocycles. The second-order valence-electron chi connectivity index (χ2n) is 9.73. The maximum absolute atomic E-state index is 12.0. The van der Waals surface area contributed by atoms with Crippen molar-refractivity contribution >= 4 is 11.6 Å². The van der Waals surface area contributed by atoms with E-state index < -0.39 is 0 Å². The van der Waals surface area contributed by atoms with Crippen molar-refractivity contribution in [3.63, 3.8) is 0 Å². The predicted molar refractivity (Wildman–Crippen MR) is 148 cm³/mol. The Hall–Kier alpha value is -1.71. The van der Waals surface area contributed by atoms with Gasteiger partial charge in [-0.15, -0.1) is 0 Å². The third kappa shape index (κ3) is 18.7. The summed E-state index contributed by atoms with van der Waals surface area (Å²) < 4.78 is 5.76. The van der Waals surface area contributed by atoms with Crippen molar-refractivity contribution in [2.45, 2.75) is 129 Å². The molecule has 196 valence electrons. The van der Waals surface area contributed by atoms with Crippen molar-refractivity contribution in [2.75, 3.05) is 25.0 Å². The first kappa shape index (κ1) is 30.3. The minimum atomic E-state index is 0.0611. The van der Waals surface area contributed by atoms with E-state index in [1.54, 1.807) is 0 Å². The summed E-state index contributed by atoms with van der Waals surface area (Å²) in [5.41, 5.74) is 0.949. The van der Waals surface area contributed by atoms with Crippen molar-refractivity contribution < 1.29 is 9.53 Å². The fraction of sp³-hybridized carbons (Fsp3) is 0.767. The van der Waals surface area contributed by atoms with Crippen molar-refractivity contribution in [1.82, 2.24) is 5.32 Å². The van der Waals surface area contributed by atoms with Gasteiger partial charge in [0, 0.05) is 12.2 Å². The zero-order chi connectivity index (χ0) is 24.5. The molecule has 0 aliphatic heterocycles. The molecule has 0 spiro atoms. The summed E-state index contributed by atoms with van der Waals surface area (Å²) >= 11 is 0. The van der Waals surface area contributed by atoms with Gasteiger partial charge in [0.05, 0.1) is 13.2 Å². The van der Waals surface area contributed by atoms with E-state index in [1.165, 1.54) is 103 Å². The molecular weight excluding hydrogens is 420 g/mol. The molecule has 0 fully saturated rings. The van der Waals surface area contributed by atoms with E-state index in [-0.39, 0.29) is 5.91 Å². The smallest absolute Gasteiger partial charge is 0.239 e. The highest BCUT2D eigenvalue weighted by atomic mass is 16.5. The quantitative estimate of drug-likeness (QED) is 0.147. The summed E-state index contributed by atoms with van der Waals surface area (Å²) in [5.74, 6) is 0.954. The number of hydrogen-bond acceptors (Lipinski definition) is 3. The van der Waals surface area contributed by atoms with Crippen LogP contribution >= 0.6 is 0 Å². The van der Waals surface area contributed by atoms with Gasteiger partial charge in [0.1, 0.15) is 5.75 Å². The SMILES string of the molecule is CCCCCCCCCCCCCCCCNC(=O)CNc1ccc(OCCCCCC)cc1. The number of anilines is 1. The normalized spacial score (nSPS) is 10.9. The molecule has 0 aromatic heterocycles. The zero-order valence-corrected chi connectivity index (χ0v) is 22.5. The molecule has 0 bridgehead atoms. The Balaban J connectivity index is 1.89. The van der Waals surface area contributed by atoms with Crippen LogP contribution in [0.2, 0.25) is 0 Å². The van der Waals surface area contributed by atoms with Crippen LogP contribution in [-0.4, -0.2) is 25.6 Å². The number of carbonyl (C=O) groups excluding carboxylic acids is 1. The van der Waals surface area contributed by atoms with Crippen LogP contribution in [0.15, 0.2) is 24.3 Å². The van der Waals surface area contributed by atoms with Gasteiger partial charge in [-0.1, -0.05) is 117 Å². The first-order valence-electron chi connectivity index (χ1n) is 14.5. The fourth-order valence-corrected chi connectivity index (χ4v) is 4.18. The molecule has 34 heavy (non-hydrogen) atoms. The predicted octanol–water partition coefficient (Wildman–Crippen LogP) is 8.66. The summed E-state index contributed by atoms with van der Waals surface area (Å²) in [6, 6.07) is 7.88. The zero-order valence-electron chi connectivity index (χ0n) is 22.5. The lowest BCUT2D eigenvalue weighted by atomic mass is 10.0. The molecule has 1 rings (SSSR count). The molecule has 0 atom stereocenters. The van der Waals surface area contributed by atoms with Crippen LogP contribution < -0.4 is 15.4 Å². The Labute approximate surface area is 211 Å². The Morgan fingerprint density at radius 1 is 0.647 bits per heavy atom. The van der Waals surface area contributed by atoms with E-state index >= 15 is 0 Å². The van der Waals surface area contributed by atoms with Gasteiger partial charge in [-0.2, -0.15) is 0 Å². The monoisotopic (exact) mass is 474 g/mol. The van der Waals surface area contributed by atoms with E-state index in [9.17, 15) is 4.79 Å². The standard InChI is InChI=1S/C30H54N2O2/c1-3-5-7-9-10-11-12-13-14-15-16-17-18-19-25-31-30(33)27-32-28-21-23-29(24-22-28)34-26-20-8-6-4-2/h21-24,32H,3-20,25-27H2,1-2H3,(H,31,33). The molecule has 4 nitrogen and oxygen atoms in total. The first-order valence-corrected chi connectivity index (χ1v) is 14.5. The highest BCUT2D eigenvalue weighted by molar-refractivity contribution is 5.80. The van der Waals surface area contributed by atoms with Crippen LogP contribution in [0, 0.1) is 0 Å². The average molecular weight is 475 g/mol. The molecule has 0 saturated heterocycles. The molecule has 0 saturated carbocycles. The summed E-state index contributed by atoms with van der Waals surface area (Å²) in [4.78, 5) is 12.0.